The first-order valence-corrected chi connectivity index (χ1v) is 11.0. The molecule has 3 rings (SSSR count). The van der Waals surface area contributed by atoms with Crippen LogP contribution in [0.5, 0.6) is 0 Å². The standard InChI is InChI=1S/C23H37N5O.HI/c1-4-24-23(26-17-19-10-13-28(14-11-19)15-16-29-3)25-12-9-20-18(2)27-22-8-6-5-7-21(20)22;/h5-8,19,27H,4,9-17H2,1-3H3,(H2,24,25,26);1H. The molecule has 0 radical (unpaired) electrons. The lowest BCUT2D eigenvalue weighted by molar-refractivity contribution is 0.121. The third kappa shape index (κ3) is 7.13. The molecule has 0 unspecified atom stereocenters. The first-order valence-electron chi connectivity index (χ1n) is 11.0. The van der Waals surface area contributed by atoms with Gasteiger partial charge >= 0.3 is 0 Å². The van der Waals surface area contributed by atoms with E-state index in [1.54, 1.807) is 7.11 Å². The van der Waals surface area contributed by atoms with Crippen molar-refractivity contribution in [3.8, 4) is 0 Å². The van der Waals surface area contributed by atoms with E-state index in [0.29, 0.717) is 5.92 Å². The van der Waals surface area contributed by atoms with Gasteiger partial charge in [-0.15, -0.1) is 24.0 Å². The summed E-state index contributed by atoms with van der Waals surface area (Å²) in [6.07, 6.45) is 3.43. The smallest absolute Gasteiger partial charge is 0.191 e. The molecule has 1 aromatic heterocycles. The van der Waals surface area contributed by atoms with E-state index >= 15 is 0 Å². The van der Waals surface area contributed by atoms with Crippen LogP contribution in [0.2, 0.25) is 0 Å². The van der Waals surface area contributed by atoms with Gasteiger partial charge in [0.2, 0.25) is 0 Å². The van der Waals surface area contributed by atoms with Gasteiger partial charge < -0.3 is 25.3 Å². The minimum absolute atomic E-state index is 0. The Kier molecular flexibility index (Phi) is 11.0. The molecule has 1 aliphatic rings. The Morgan fingerprint density at radius 1 is 1.23 bits per heavy atom. The van der Waals surface area contributed by atoms with Crippen LogP contribution in [-0.2, 0) is 11.2 Å². The number of hydrogen-bond acceptors (Lipinski definition) is 3. The van der Waals surface area contributed by atoms with E-state index in [1.165, 1.54) is 35.0 Å². The Hall–Kier alpha value is -1.32. The van der Waals surface area contributed by atoms with Gasteiger partial charge in [0.15, 0.2) is 5.96 Å². The van der Waals surface area contributed by atoms with Crippen LogP contribution in [0.3, 0.4) is 0 Å². The van der Waals surface area contributed by atoms with E-state index in [1.807, 2.05) is 0 Å². The summed E-state index contributed by atoms with van der Waals surface area (Å²) in [5.41, 5.74) is 3.87. The Morgan fingerprint density at radius 2 is 2.00 bits per heavy atom. The summed E-state index contributed by atoms with van der Waals surface area (Å²) in [5.74, 6) is 1.62. The number of hydrogen-bond donors (Lipinski definition) is 3. The topological polar surface area (TPSA) is 64.7 Å². The van der Waals surface area contributed by atoms with E-state index in [0.717, 1.165) is 58.3 Å². The number of guanidine groups is 1. The summed E-state index contributed by atoms with van der Waals surface area (Å²) in [5, 5.41) is 8.25. The molecule has 0 spiro atoms. The van der Waals surface area contributed by atoms with Gasteiger partial charge in [0.1, 0.15) is 0 Å². The molecule has 1 fully saturated rings. The van der Waals surface area contributed by atoms with E-state index in [4.69, 9.17) is 9.73 Å². The van der Waals surface area contributed by atoms with E-state index in [9.17, 15) is 0 Å². The van der Waals surface area contributed by atoms with Gasteiger partial charge in [0.25, 0.3) is 0 Å². The van der Waals surface area contributed by atoms with E-state index in [-0.39, 0.29) is 24.0 Å². The number of fused-ring (bicyclic) bond motifs is 1. The van der Waals surface area contributed by atoms with Crippen LogP contribution >= 0.6 is 24.0 Å². The number of benzene rings is 1. The number of ether oxygens (including phenoxy) is 1. The van der Waals surface area contributed by atoms with Crippen LogP contribution in [0.1, 0.15) is 31.0 Å². The number of methoxy groups -OCH3 is 1. The van der Waals surface area contributed by atoms with Gasteiger partial charge in [-0.25, -0.2) is 0 Å². The molecule has 3 N–H and O–H groups in total. The summed E-state index contributed by atoms with van der Waals surface area (Å²) in [6, 6.07) is 8.54. The molecule has 0 aliphatic carbocycles. The molecule has 1 aromatic carbocycles. The lowest BCUT2D eigenvalue weighted by Gasteiger charge is -2.31. The molecule has 0 bridgehead atoms. The number of halogens is 1. The maximum Gasteiger partial charge on any atom is 0.191 e. The highest BCUT2D eigenvalue weighted by atomic mass is 127. The SMILES string of the molecule is CCNC(=NCC1CCN(CCOC)CC1)NCCc1c(C)[nH]c2ccccc12.I. The Balaban J connectivity index is 0.00000320. The highest BCUT2D eigenvalue weighted by Crippen LogP contribution is 2.22. The van der Waals surface area contributed by atoms with Crippen molar-refractivity contribution in [3.05, 3.63) is 35.5 Å². The number of nitrogens with zero attached hydrogens (tertiary/aromatic N) is 2. The number of likely N-dealkylation sites (tertiary alicyclic amines) is 1. The molecular weight excluding hydrogens is 489 g/mol. The highest BCUT2D eigenvalue weighted by Gasteiger charge is 2.18. The van der Waals surface area contributed by atoms with Crippen LogP contribution in [0, 0.1) is 12.8 Å². The third-order valence-electron chi connectivity index (χ3n) is 5.87. The third-order valence-corrected chi connectivity index (χ3v) is 5.87. The summed E-state index contributed by atoms with van der Waals surface area (Å²) < 4.78 is 5.19. The second-order valence-electron chi connectivity index (χ2n) is 7.95. The fourth-order valence-corrected chi connectivity index (χ4v) is 4.14. The molecule has 2 aromatic rings. The fourth-order valence-electron chi connectivity index (χ4n) is 4.14. The lowest BCUT2D eigenvalue weighted by Crippen LogP contribution is -2.40. The first-order chi connectivity index (χ1) is 14.2. The number of piperidine rings is 1. The van der Waals surface area contributed by atoms with Crippen molar-refractivity contribution < 1.29 is 4.74 Å². The summed E-state index contributed by atoms with van der Waals surface area (Å²) in [6.45, 7) is 11.1. The summed E-state index contributed by atoms with van der Waals surface area (Å²) >= 11 is 0. The number of aliphatic imine (C=N–C) groups is 1. The van der Waals surface area contributed by atoms with Gasteiger partial charge in [-0.1, -0.05) is 18.2 Å². The highest BCUT2D eigenvalue weighted by molar-refractivity contribution is 14.0. The minimum Gasteiger partial charge on any atom is -0.383 e. The van der Waals surface area contributed by atoms with Gasteiger partial charge in [0.05, 0.1) is 6.61 Å². The molecule has 0 atom stereocenters. The van der Waals surface area contributed by atoms with Crippen molar-refractivity contribution in [1.29, 1.82) is 0 Å². The summed E-state index contributed by atoms with van der Waals surface area (Å²) in [4.78, 5) is 10.9. The monoisotopic (exact) mass is 527 g/mol. The van der Waals surface area contributed by atoms with Gasteiger partial charge in [-0.05, 0) is 63.7 Å². The second-order valence-corrected chi connectivity index (χ2v) is 7.95. The average molecular weight is 527 g/mol. The van der Waals surface area contributed by atoms with Crippen molar-refractivity contribution in [2.24, 2.45) is 10.9 Å². The van der Waals surface area contributed by atoms with Crippen LogP contribution in [0.15, 0.2) is 29.3 Å². The van der Waals surface area contributed by atoms with Crippen LogP contribution in [-0.4, -0.2) is 68.8 Å². The Morgan fingerprint density at radius 3 is 2.73 bits per heavy atom. The molecular formula is C23H38IN5O. The molecule has 1 saturated heterocycles. The predicted molar refractivity (Wildman–Crippen MR) is 137 cm³/mol. The maximum absolute atomic E-state index is 5.19. The van der Waals surface area contributed by atoms with Crippen molar-refractivity contribution in [3.63, 3.8) is 0 Å². The predicted octanol–water partition coefficient (Wildman–Crippen LogP) is 3.55. The van der Waals surface area contributed by atoms with Crippen molar-refractivity contribution in [2.45, 2.75) is 33.1 Å². The van der Waals surface area contributed by atoms with Crippen molar-refractivity contribution >= 4 is 40.8 Å². The van der Waals surface area contributed by atoms with Crippen LogP contribution in [0.25, 0.3) is 10.9 Å². The quantitative estimate of drug-likeness (QED) is 0.265. The molecule has 30 heavy (non-hydrogen) atoms. The normalized spacial score (nSPS) is 15.9. The molecule has 0 amide bonds. The molecule has 7 heteroatoms. The number of nitrogens with one attached hydrogen (secondary N) is 3. The second kappa shape index (κ2) is 13.2. The number of aryl methyl sites for hydroxylation is 1. The molecule has 0 saturated carbocycles. The number of rotatable bonds is 9. The molecule has 168 valence electrons. The number of aromatic nitrogens is 1. The van der Waals surface area contributed by atoms with Crippen molar-refractivity contribution in [1.82, 2.24) is 20.5 Å². The molecule has 2 heterocycles. The van der Waals surface area contributed by atoms with Gasteiger partial charge in [-0.2, -0.15) is 0 Å². The largest absolute Gasteiger partial charge is 0.383 e. The number of para-hydroxylation sites is 1. The van der Waals surface area contributed by atoms with Crippen molar-refractivity contribution in [2.75, 3.05) is 53.0 Å². The zero-order valence-electron chi connectivity index (χ0n) is 18.7. The minimum atomic E-state index is 0. The van der Waals surface area contributed by atoms with E-state index < -0.39 is 0 Å². The molecule has 1 aliphatic heterocycles. The van der Waals surface area contributed by atoms with Crippen LogP contribution in [0.4, 0.5) is 0 Å². The zero-order valence-corrected chi connectivity index (χ0v) is 21.0. The Bertz CT molecular complexity index is 783. The van der Waals surface area contributed by atoms with Gasteiger partial charge in [0, 0.05) is 49.9 Å². The Labute approximate surface area is 198 Å². The fraction of sp³-hybridized carbons (Fsp3) is 0.609. The van der Waals surface area contributed by atoms with E-state index in [2.05, 4.69) is 58.6 Å². The molecule has 6 nitrogen and oxygen atoms in total. The van der Waals surface area contributed by atoms with Crippen LogP contribution < -0.4 is 10.6 Å². The van der Waals surface area contributed by atoms with Gasteiger partial charge in [-0.3, -0.25) is 4.99 Å². The first kappa shape index (κ1) is 24.9. The average Bonchev–Trinajstić information content (AvgIpc) is 3.06. The maximum atomic E-state index is 5.19. The number of aromatic amines is 1. The summed E-state index contributed by atoms with van der Waals surface area (Å²) in [7, 11) is 1.77. The zero-order chi connectivity index (χ0) is 20.5. The number of H-pyrrole nitrogens is 1. The lowest BCUT2D eigenvalue weighted by atomic mass is 9.97.